The van der Waals surface area contributed by atoms with Gasteiger partial charge in [0.05, 0.1) is 36.4 Å². The van der Waals surface area contributed by atoms with Gasteiger partial charge in [-0.3, -0.25) is 19.2 Å². The SMILES string of the molecule is COC(=O)[C@]12CC(=O)[C@H](C(C)C)CC(=O)[C@H](C)CCC[C@H](C)CC(=O)[C@H]1CC(C)=C1[C@H](OC)C[C@](C)(O)[C@H]3CC=C(C)[C@H](CCC(C)=C[C@@H]12)O3. The maximum Gasteiger partial charge on any atom is 0.313 e. The number of allylic oxidation sites excluding steroid dienone is 3. The molecule has 8 heteroatoms. The van der Waals surface area contributed by atoms with Gasteiger partial charge in [-0.1, -0.05) is 63.8 Å². The first-order valence-corrected chi connectivity index (χ1v) is 19.1. The average Bonchev–Trinajstić information content (AvgIpc) is 3.05. The third-order valence-electron chi connectivity index (χ3n) is 12.7. The van der Waals surface area contributed by atoms with Crippen LogP contribution in [0.4, 0.5) is 0 Å². The molecule has 2 aliphatic carbocycles. The second-order valence-corrected chi connectivity index (χ2v) is 16.9. The number of carbonyl (C=O) groups excluding carboxylic acids is 4. The van der Waals surface area contributed by atoms with E-state index in [0.29, 0.717) is 19.3 Å². The lowest BCUT2D eigenvalue weighted by molar-refractivity contribution is -0.167. The Bertz CT molecular complexity index is 1380. The minimum atomic E-state index is -1.56. The highest BCUT2D eigenvalue weighted by atomic mass is 16.5. The molecule has 1 fully saturated rings. The Labute approximate surface area is 300 Å². The summed E-state index contributed by atoms with van der Waals surface area (Å²) >= 11 is 0. The number of hydrogen-bond donors (Lipinski definition) is 1. The normalized spacial score (nSPS) is 38.5. The van der Waals surface area contributed by atoms with E-state index in [1.165, 1.54) is 7.11 Å². The average molecular weight is 697 g/mol. The molecule has 0 radical (unpaired) electrons. The quantitative estimate of drug-likeness (QED) is 0.236. The third-order valence-corrected chi connectivity index (χ3v) is 12.7. The summed E-state index contributed by atoms with van der Waals surface area (Å²) < 4.78 is 18.4. The van der Waals surface area contributed by atoms with Gasteiger partial charge < -0.3 is 19.3 Å². The fourth-order valence-electron chi connectivity index (χ4n) is 9.36. The molecule has 2 bridgehead atoms. The monoisotopic (exact) mass is 696 g/mol. The van der Waals surface area contributed by atoms with E-state index in [0.717, 1.165) is 41.6 Å². The largest absolute Gasteiger partial charge is 0.469 e. The topological polar surface area (TPSA) is 116 Å². The Balaban J connectivity index is 2.00. The van der Waals surface area contributed by atoms with Crippen LogP contribution >= 0.6 is 0 Å². The van der Waals surface area contributed by atoms with Gasteiger partial charge in [-0.05, 0) is 82.8 Å². The molecule has 50 heavy (non-hydrogen) atoms. The van der Waals surface area contributed by atoms with Crippen LogP contribution in [0.15, 0.2) is 34.4 Å². The number of ketones is 3. The number of aliphatic hydroxyl groups is 1. The van der Waals surface area contributed by atoms with Gasteiger partial charge in [0.1, 0.15) is 17.3 Å². The summed E-state index contributed by atoms with van der Waals surface area (Å²) in [6.07, 6.45) is 7.92. The second kappa shape index (κ2) is 16.5. The highest BCUT2D eigenvalue weighted by molar-refractivity contribution is 5.97. The molecule has 2 heterocycles. The molecule has 280 valence electrons. The molecule has 4 rings (SSSR count). The van der Waals surface area contributed by atoms with Gasteiger partial charge in [-0.15, -0.1) is 0 Å². The Morgan fingerprint density at radius 1 is 0.980 bits per heavy atom. The van der Waals surface area contributed by atoms with Gasteiger partial charge in [0, 0.05) is 56.5 Å². The van der Waals surface area contributed by atoms with Crippen molar-refractivity contribution in [3.05, 3.63) is 34.4 Å². The molecule has 0 amide bonds. The molecule has 8 nitrogen and oxygen atoms in total. The molecule has 1 N–H and O–H groups in total. The molecule has 1 saturated carbocycles. The van der Waals surface area contributed by atoms with Crippen molar-refractivity contribution in [1.82, 2.24) is 0 Å². The number of carbonyl (C=O) groups is 4. The fraction of sp³-hybridized carbons (Fsp3) is 0.762. The van der Waals surface area contributed by atoms with E-state index >= 15 is 0 Å². The van der Waals surface area contributed by atoms with E-state index in [4.69, 9.17) is 14.2 Å². The number of fused-ring (bicyclic) bond motifs is 5. The molecule has 0 aromatic carbocycles. The lowest BCUT2D eigenvalue weighted by Crippen LogP contribution is -2.55. The molecular weight excluding hydrogens is 632 g/mol. The van der Waals surface area contributed by atoms with Crippen LogP contribution in [-0.4, -0.2) is 66.6 Å². The van der Waals surface area contributed by atoms with Crippen LogP contribution in [0.5, 0.6) is 0 Å². The molecule has 0 unspecified atom stereocenters. The molecule has 0 aromatic heterocycles. The van der Waals surface area contributed by atoms with Crippen molar-refractivity contribution in [3.8, 4) is 0 Å². The summed E-state index contributed by atoms with van der Waals surface area (Å²) in [4.78, 5) is 57.7. The van der Waals surface area contributed by atoms with E-state index in [1.807, 2.05) is 34.6 Å². The lowest BCUT2D eigenvalue weighted by Gasteiger charge is -2.50. The first kappa shape index (κ1) is 40.4. The zero-order valence-electron chi connectivity index (χ0n) is 32.4. The van der Waals surface area contributed by atoms with E-state index in [1.54, 1.807) is 14.0 Å². The molecule has 0 aromatic rings. The van der Waals surface area contributed by atoms with Gasteiger partial charge in [0.15, 0.2) is 0 Å². The summed E-state index contributed by atoms with van der Waals surface area (Å²) in [7, 11) is 2.95. The van der Waals surface area contributed by atoms with E-state index in [-0.39, 0.29) is 73.3 Å². The van der Waals surface area contributed by atoms with E-state index in [9.17, 15) is 24.3 Å². The molecule has 4 aliphatic rings. The van der Waals surface area contributed by atoms with Crippen molar-refractivity contribution in [2.75, 3.05) is 14.2 Å². The van der Waals surface area contributed by atoms with Crippen molar-refractivity contribution in [1.29, 1.82) is 0 Å². The summed E-state index contributed by atoms with van der Waals surface area (Å²) in [5.74, 6) is -3.10. The van der Waals surface area contributed by atoms with Gasteiger partial charge >= 0.3 is 5.97 Å². The predicted molar refractivity (Wildman–Crippen MR) is 194 cm³/mol. The summed E-state index contributed by atoms with van der Waals surface area (Å²) in [5.41, 5.74) is 1.06. The first-order valence-electron chi connectivity index (χ1n) is 19.1. The second-order valence-electron chi connectivity index (χ2n) is 16.9. The number of esters is 1. The van der Waals surface area contributed by atoms with E-state index in [2.05, 4.69) is 26.0 Å². The number of methoxy groups -OCH3 is 2. The fourth-order valence-corrected chi connectivity index (χ4v) is 9.36. The maximum absolute atomic E-state index is 14.8. The molecule has 0 spiro atoms. The predicted octanol–water partition coefficient (Wildman–Crippen LogP) is 7.70. The maximum atomic E-state index is 14.8. The van der Waals surface area contributed by atoms with Gasteiger partial charge in [0.2, 0.25) is 0 Å². The Morgan fingerprint density at radius 2 is 1.68 bits per heavy atom. The molecular formula is C42H64O8. The standard InChI is InChI=1S/C42H64O8/c1-24(2)30-21-33(43)27(5)13-11-12-25(3)19-34(44)31-20-29(7)39-32(42(31,22-35(30)45)40(46)49-10)18-26(4)14-16-36-28(6)15-17-38(50-36)41(8,47)23-37(39)48-9/h15,18,24-25,27,30-32,36-38,47H,11-14,16-17,19-23H2,1-10H3/t25-,27+,30-,31+,32-,36-,37+,38+,41-,42+/m0/s1. The summed E-state index contributed by atoms with van der Waals surface area (Å²) in [6.45, 7) is 15.8. The van der Waals surface area contributed by atoms with E-state index < -0.39 is 46.9 Å². The van der Waals surface area contributed by atoms with Crippen molar-refractivity contribution < 1.29 is 38.5 Å². The minimum Gasteiger partial charge on any atom is -0.469 e. The van der Waals surface area contributed by atoms with Crippen LogP contribution in [0.25, 0.3) is 0 Å². The molecule has 0 saturated heterocycles. The lowest BCUT2D eigenvalue weighted by atomic mass is 9.52. The zero-order chi connectivity index (χ0) is 37.1. The van der Waals surface area contributed by atoms with Crippen LogP contribution < -0.4 is 0 Å². The van der Waals surface area contributed by atoms with Gasteiger partial charge in [-0.25, -0.2) is 0 Å². The number of ether oxygens (including phenoxy) is 3. The van der Waals surface area contributed by atoms with Crippen molar-refractivity contribution >= 4 is 23.3 Å². The number of rotatable bonds is 3. The Morgan fingerprint density at radius 3 is 2.32 bits per heavy atom. The van der Waals surface area contributed by atoms with Crippen LogP contribution in [0.3, 0.4) is 0 Å². The van der Waals surface area contributed by atoms with Crippen molar-refractivity contribution in [2.45, 2.75) is 150 Å². The first-order chi connectivity index (χ1) is 23.5. The Hall–Kier alpha value is -2.42. The number of Topliss-reactive ketones (excluding diaryl/α,β-unsaturated/α-hetero) is 3. The van der Waals surface area contributed by atoms with Crippen LogP contribution in [0.2, 0.25) is 0 Å². The minimum absolute atomic E-state index is 0.0294. The third kappa shape index (κ3) is 8.44. The summed E-state index contributed by atoms with van der Waals surface area (Å²) in [6, 6.07) is 0. The highest BCUT2D eigenvalue weighted by Gasteiger charge is 2.60. The van der Waals surface area contributed by atoms with Crippen LogP contribution in [0.1, 0.15) is 126 Å². The van der Waals surface area contributed by atoms with Gasteiger partial charge in [-0.2, -0.15) is 0 Å². The highest BCUT2D eigenvalue weighted by Crippen LogP contribution is 2.56. The Kier molecular flexibility index (Phi) is 13.3. The number of hydrogen-bond acceptors (Lipinski definition) is 8. The van der Waals surface area contributed by atoms with Crippen molar-refractivity contribution in [3.63, 3.8) is 0 Å². The zero-order valence-corrected chi connectivity index (χ0v) is 32.4. The molecule has 2 aliphatic heterocycles. The van der Waals surface area contributed by atoms with Crippen LogP contribution in [-0.2, 0) is 33.4 Å². The summed E-state index contributed by atoms with van der Waals surface area (Å²) in [5, 5.41) is 12.0. The molecule has 10 atom stereocenters. The van der Waals surface area contributed by atoms with Crippen molar-refractivity contribution in [2.24, 2.45) is 40.9 Å². The van der Waals surface area contributed by atoms with Crippen LogP contribution in [0, 0.1) is 40.9 Å². The smallest absolute Gasteiger partial charge is 0.313 e. The van der Waals surface area contributed by atoms with Gasteiger partial charge in [0.25, 0.3) is 0 Å².